The second-order valence-electron chi connectivity index (χ2n) is 6.27. The minimum Gasteiger partial charge on any atom is -0.336 e. The van der Waals surface area contributed by atoms with Crippen molar-refractivity contribution in [1.82, 2.24) is 9.88 Å². The van der Waals surface area contributed by atoms with Crippen molar-refractivity contribution < 1.29 is 4.79 Å². The summed E-state index contributed by atoms with van der Waals surface area (Å²) in [6.07, 6.45) is 4.45. The van der Waals surface area contributed by atoms with E-state index in [4.69, 9.17) is 17.3 Å². The molecule has 3 aromatic rings. The maximum absolute atomic E-state index is 12.0. The summed E-state index contributed by atoms with van der Waals surface area (Å²) < 4.78 is 1.11. The molecule has 0 spiro atoms. The fraction of sp³-hybridized carbons (Fsp3) is 0.263. The summed E-state index contributed by atoms with van der Waals surface area (Å²) in [4.78, 5) is 19.2. The van der Waals surface area contributed by atoms with Gasteiger partial charge in [-0.1, -0.05) is 11.6 Å². The Hall–Kier alpha value is -1.95. The Morgan fingerprint density at radius 3 is 2.88 bits per heavy atom. The second kappa shape index (κ2) is 6.41. The first-order valence-corrected chi connectivity index (χ1v) is 9.41. The van der Waals surface area contributed by atoms with Gasteiger partial charge in [0.25, 0.3) is 0 Å². The van der Waals surface area contributed by atoms with E-state index in [1.165, 1.54) is 21.4 Å². The summed E-state index contributed by atoms with van der Waals surface area (Å²) >= 11 is 8.33. The van der Waals surface area contributed by atoms with Gasteiger partial charge >= 0.3 is 0 Å². The van der Waals surface area contributed by atoms with E-state index >= 15 is 0 Å². The number of aromatic nitrogens is 1. The highest BCUT2D eigenvalue weighted by Gasteiger charge is 2.26. The topological polar surface area (TPSA) is 59.2 Å². The van der Waals surface area contributed by atoms with Crippen LogP contribution in [0.4, 0.5) is 0 Å². The summed E-state index contributed by atoms with van der Waals surface area (Å²) in [7, 11) is 0. The van der Waals surface area contributed by atoms with Crippen molar-refractivity contribution in [3.05, 3.63) is 51.6 Å². The highest BCUT2D eigenvalue weighted by Crippen LogP contribution is 2.45. The van der Waals surface area contributed by atoms with Crippen molar-refractivity contribution in [1.29, 1.82) is 0 Å². The van der Waals surface area contributed by atoms with Crippen LogP contribution in [0.25, 0.3) is 21.2 Å². The third-order valence-electron chi connectivity index (χ3n) is 4.75. The molecule has 0 atom stereocenters. The van der Waals surface area contributed by atoms with Gasteiger partial charge < -0.3 is 10.6 Å². The van der Waals surface area contributed by atoms with Gasteiger partial charge in [-0.05, 0) is 53.8 Å². The Balaban J connectivity index is 1.93. The Morgan fingerprint density at radius 1 is 1.40 bits per heavy atom. The maximum atomic E-state index is 12.0. The summed E-state index contributed by atoms with van der Waals surface area (Å²) in [6.45, 7) is 3.42. The number of nitrogens with two attached hydrogens (primary N) is 1. The van der Waals surface area contributed by atoms with Gasteiger partial charge in [-0.3, -0.25) is 9.78 Å². The van der Waals surface area contributed by atoms with Gasteiger partial charge in [-0.2, -0.15) is 0 Å². The van der Waals surface area contributed by atoms with Crippen LogP contribution >= 0.6 is 22.9 Å². The standard InChI is InChI=1S/C19H18ClN3OS/c1-11-8-14(12-2-5-22-6-3-12)17-13-4-7-23(16(24)9-21)10-15(13)25-19(17)18(11)20/h2-3,5-6,8H,4,7,9-10,21H2,1H3. The predicted octanol–water partition coefficient (Wildman–Crippen LogP) is 3.77. The molecule has 25 heavy (non-hydrogen) atoms. The van der Waals surface area contributed by atoms with Gasteiger partial charge in [0.15, 0.2) is 0 Å². The van der Waals surface area contributed by atoms with Crippen LogP contribution in [0.1, 0.15) is 16.0 Å². The Kier molecular flexibility index (Phi) is 4.23. The van der Waals surface area contributed by atoms with Crippen LogP contribution in [0.15, 0.2) is 30.6 Å². The lowest BCUT2D eigenvalue weighted by molar-refractivity contribution is -0.130. The molecule has 2 aromatic heterocycles. The fourth-order valence-corrected chi connectivity index (χ4v) is 5.12. The van der Waals surface area contributed by atoms with E-state index in [1.807, 2.05) is 36.4 Å². The molecule has 1 amide bonds. The van der Waals surface area contributed by atoms with E-state index in [9.17, 15) is 4.79 Å². The van der Waals surface area contributed by atoms with Crippen molar-refractivity contribution in [3.63, 3.8) is 0 Å². The molecule has 0 saturated carbocycles. The van der Waals surface area contributed by atoms with E-state index in [0.717, 1.165) is 27.3 Å². The lowest BCUT2D eigenvalue weighted by Gasteiger charge is -2.26. The monoisotopic (exact) mass is 371 g/mol. The van der Waals surface area contributed by atoms with Crippen LogP contribution < -0.4 is 5.73 Å². The first-order chi connectivity index (χ1) is 12.1. The van der Waals surface area contributed by atoms with Crippen molar-refractivity contribution in [2.45, 2.75) is 19.9 Å². The number of hydrogen-bond acceptors (Lipinski definition) is 4. The lowest BCUT2D eigenvalue weighted by atomic mass is 9.94. The summed E-state index contributed by atoms with van der Waals surface area (Å²) in [6, 6.07) is 6.21. The number of carbonyl (C=O) groups excluding carboxylic acids is 1. The van der Waals surface area contributed by atoms with Crippen LogP contribution in [0.2, 0.25) is 5.02 Å². The number of aryl methyl sites for hydroxylation is 1. The highest BCUT2D eigenvalue weighted by atomic mass is 35.5. The third kappa shape index (κ3) is 2.72. The third-order valence-corrected chi connectivity index (χ3v) is 6.58. The quantitative estimate of drug-likeness (QED) is 0.746. The normalized spacial score (nSPS) is 14.0. The van der Waals surface area contributed by atoms with E-state index in [1.54, 1.807) is 11.3 Å². The summed E-state index contributed by atoms with van der Waals surface area (Å²) in [5.74, 6) is -0.000240. The number of thiophene rings is 1. The Morgan fingerprint density at radius 2 is 2.16 bits per heavy atom. The fourth-order valence-electron chi connectivity index (χ4n) is 3.48. The molecule has 0 aliphatic carbocycles. The van der Waals surface area contributed by atoms with Gasteiger partial charge in [0, 0.05) is 29.2 Å². The van der Waals surface area contributed by atoms with Gasteiger partial charge in [0.1, 0.15) is 0 Å². The number of carbonyl (C=O) groups is 1. The summed E-state index contributed by atoms with van der Waals surface area (Å²) in [5.41, 5.74) is 10.2. The Labute approximate surface area is 155 Å². The van der Waals surface area contributed by atoms with Crippen LogP contribution in [-0.4, -0.2) is 28.9 Å². The average molecular weight is 372 g/mol. The molecule has 4 rings (SSSR count). The average Bonchev–Trinajstić information content (AvgIpc) is 3.03. The Bertz CT molecular complexity index is 968. The number of nitrogens with zero attached hydrogens (tertiary/aromatic N) is 2. The molecule has 0 fully saturated rings. The highest BCUT2D eigenvalue weighted by molar-refractivity contribution is 7.20. The lowest BCUT2D eigenvalue weighted by Crippen LogP contribution is -2.39. The minimum atomic E-state index is -0.000240. The molecule has 0 saturated heterocycles. The molecule has 128 valence electrons. The summed E-state index contributed by atoms with van der Waals surface area (Å²) in [5, 5.41) is 2.03. The second-order valence-corrected chi connectivity index (χ2v) is 7.75. The van der Waals surface area contributed by atoms with Crippen LogP contribution in [0.3, 0.4) is 0 Å². The number of amides is 1. The molecule has 1 aliphatic heterocycles. The zero-order chi connectivity index (χ0) is 17.6. The SMILES string of the molecule is Cc1cc(-c2ccncc2)c2c3c(sc2c1Cl)CN(C(=O)CN)CC3. The molecule has 3 heterocycles. The molecule has 0 radical (unpaired) electrons. The molecule has 0 bridgehead atoms. The molecule has 4 nitrogen and oxygen atoms in total. The first-order valence-electron chi connectivity index (χ1n) is 8.21. The van der Waals surface area contributed by atoms with Crippen molar-refractivity contribution in [2.75, 3.05) is 13.1 Å². The molecular weight excluding hydrogens is 354 g/mol. The van der Waals surface area contributed by atoms with Crippen molar-refractivity contribution in [3.8, 4) is 11.1 Å². The van der Waals surface area contributed by atoms with Gasteiger partial charge in [0.05, 0.1) is 22.8 Å². The molecule has 1 aliphatic rings. The zero-order valence-corrected chi connectivity index (χ0v) is 15.5. The van der Waals surface area contributed by atoms with Gasteiger partial charge in [-0.25, -0.2) is 0 Å². The smallest absolute Gasteiger partial charge is 0.236 e. The van der Waals surface area contributed by atoms with E-state index in [-0.39, 0.29) is 12.5 Å². The molecule has 6 heteroatoms. The molecule has 0 unspecified atom stereocenters. The van der Waals surface area contributed by atoms with Crippen LogP contribution in [0, 0.1) is 6.92 Å². The van der Waals surface area contributed by atoms with Gasteiger partial charge in [0.2, 0.25) is 5.91 Å². The largest absolute Gasteiger partial charge is 0.336 e. The first kappa shape index (κ1) is 16.5. The van der Waals surface area contributed by atoms with E-state index in [2.05, 4.69) is 11.1 Å². The number of pyridine rings is 1. The number of rotatable bonds is 2. The molecule has 1 aromatic carbocycles. The number of halogens is 1. The van der Waals surface area contributed by atoms with Crippen LogP contribution in [-0.2, 0) is 17.8 Å². The van der Waals surface area contributed by atoms with Crippen molar-refractivity contribution in [2.24, 2.45) is 5.73 Å². The van der Waals surface area contributed by atoms with Crippen molar-refractivity contribution >= 4 is 38.9 Å². The maximum Gasteiger partial charge on any atom is 0.236 e. The molecule has 2 N–H and O–H groups in total. The predicted molar refractivity (Wildman–Crippen MR) is 103 cm³/mol. The van der Waals surface area contributed by atoms with E-state index in [0.29, 0.717) is 13.1 Å². The van der Waals surface area contributed by atoms with Crippen LogP contribution in [0.5, 0.6) is 0 Å². The number of fused-ring (bicyclic) bond motifs is 3. The minimum absolute atomic E-state index is 0.000240. The zero-order valence-electron chi connectivity index (χ0n) is 13.9. The van der Waals surface area contributed by atoms with Gasteiger partial charge in [-0.15, -0.1) is 11.3 Å². The molecular formula is C19H18ClN3OS. The van der Waals surface area contributed by atoms with E-state index < -0.39 is 0 Å². The number of hydrogen-bond donors (Lipinski definition) is 1. The number of benzene rings is 1.